The van der Waals surface area contributed by atoms with Crippen molar-refractivity contribution < 1.29 is 0 Å². The molecule has 5 heteroatoms. The summed E-state index contributed by atoms with van der Waals surface area (Å²) in [6, 6.07) is 0.597. The highest BCUT2D eigenvalue weighted by molar-refractivity contribution is 4.99. The fraction of sp³-hybridized carbons (Fsp3) is 0.833. The maximum Gasteiger partial charge on any atom is 0.147 e. The van der Waals surface area contributed by atoms with Crippen LogP contribution in [0, 0.1) is 0 Å². The molecule has 0 saturated carbocycles. The van der Waals surface area contributed by atoms with Gasteiger partial charge in [-0.3, -0.25) is 4.90 Å². The molecule has 0 radical (unpaired) electrons. The van der Waals surface area contributed by atoms with E-state index in [1.165, 1.54) is 18.7 Å². The van der Waals surface area contributed by atoms with Crippen LogP contribution in [0.15, 0.2) is 0 Å². The van der Waals surface area contributed by atoms with Crippen molar-refractivity contribution in [2.24, 2.45) is 0 Å². The Morgan fingerprint density at radius 2 is 2.24 bits per heavy atom. The molecule has 94 valence electrons. The average Bonchev–Trinajstić information content (AvgIpc) is 2.76. The Labute approximate surface area is 102 Å². The molecule has 1 N–H and O–H groups in total. The molecule has 0 aromatic carbocycles. The minimum atomic E-state index is 0.597. The fourth-order valence-corrected chi connectivity index (χ4v) is 2.79. The first-order valence-electron chi connectivity index (χ1n) is 6.70. The van der Waals surface area contributed by atoms with Gasteiger partial charge in [0.1, 0.15) is 11.6 Å². The van der Waals surface area contributed by atoms with Gasteiger partial charge in [-0.1, -0.05) is 0 Å². The van der Waals surface area contributed by atoms with E-state index in [0.717, 1.165) is 45.0 Å². The maximum atomic E-state index is 4.38. The van der Waals surface area contributed by atoms with Gasteiger partial charge in [0.05, 0.1) is 6.54 Å². The Bertz CT molecular complexity index is 386. The molecule has 17 heavy (non-hydrogen) atoms. The third-order valence-corrected chi connectivity index (χ3v) is 3.92. The number of rotatable bonds is 2. The fourth-order valence-electron chi connectivity index (χ4n) is 2.79. The summed E-state index contributed by atoms with van der Waals surface area (Å²) in [4.78, 5) is 2.50. The molecule has 3 rings (SSSR count). The van der Waals surface area contributed by atoms with Crippen LogP contribution in [0.1, 0.15) is 31.4 Å². The van der Waals surface area contributed by atoms with Crippen LogP contribution in [-0.4, -0.2) is 45.3 Å². The first-order valence-corrected chi connectivity index (χ1v) is 6.70. The summed E-state index contributed by atoms with van der Waals surface area (Å²) in [7, 11) is 0. The zero-order valence-electron chi connectivity index (χ0n) is 10.5. The molecule has 0 unspecified atom stereocenters. The first kappa shape index (κ1) is 11.2. The van der Waals surface area contributed by atoms with E-state index < -0.39 is 0 Å². The summed E-state index contributed by atoms with van der Waals surface area (Å²) in [6.07, 6.45) is 3.64. The number of aromatic nitrogens is 3. The van der Waals surface area contributed by atoms with Crippen molar-refractivity contribution in [2.75, 3.05) is 19.6 Å². The zero-order valence-corrected chi connectivity index (χ0v) is 10.5. The van der Waals surface area contributed by atoms with Gasteiger partial charge in [-0.2, -0.15) is 0 Å². The van der Waals surface area contributed by atoms with E-state index in [4.69, 9.17) is 0 Å². The third kappa shape index (κ3) is 2.21. The molecule has 0 bridgehead atoms. The van der Waals surface area contributed by atoms with Crippen LogP contribution < -0.4 is 5.32 Å². The van der Waals surface area contributed by atoms with Crippen molar-refractivity contribution in [2.45, 2.75) is 45.3 Å². The number of nitrogens with one attached hydrogen (secondary N) is 1. The van der Waals surface area contributed by atoms with Gasteiger partial charge < -0.3 is 9.88 Å². The summed E-state index contributed by atoms with van der Waals surface area (Å²) in [6.45, 7) is 7.63. The molecule has 1 saturated heterocycles. The number of aryl methyl sites for hydroxylation is 1. The van der Waals surface area contributed by atoms with E-state index >= 15 is 0 Å². The molecule has 1 fully saturated rings. The van der Waals surface area contributed by atoms with E-state index in [1.807, 2.05) is 0 Å². The Morgan fingerprint density at radius 1 is 1.29 bits per heavy atom. The van der Waals surface area contributed by atoms with Crippen LogP contribution in [-0.2, 0) is 19.5 Å². The second-order valence-electron chi connectivity index (χ2n) is 5.16. The van der Waals surface area contributed by atoms with Crippen LogP contribution in [0.4, 0.5) is 0 Å². The van der Waals surface area contributed by atoms with Crippen LogP contribution >= 0.6 is 0 Å². The van der Waals surface area contributed by atoms with Crippen molar-refractivity contribution in [3.05, 3.63) is 11.6 Å². The molecule has 1 atom stereocenters. The second kappa shape index (κ2) is 4.74. The van der Waals surface area contributed by atoms with Gasteiger partial charge in [-0.15, -0.1) is 10.2 Å². The average molecular weight is 235 g/mol. The summed E-state index contributed by atoms with van der Waals surface area (Å²) < 4.78 is 2.33. The predicted molar refractivity (Wildman–Crippen MR) is 65.7 cm³/mol. The van der Waals surface area contributed by atoms with Crippen molar-refractivity contribution in [3.63, 3.8) is 0 Å². The standard InChI is InChI=1S/C12H21N5/c1-10-8-13-5-7-16(10)9-12-15-14-11-4-2-3-6-17(11)12/h10,13H,2-9H2,1H3/t10-/m0/s1. The molecule has 1 aromatic rings. The molecular formula is C12H21N5. The van der Waals surface area contributed by atoms with Gasteiger partial charge in [0, 0.05) is 38.6 Å². The summed E-state index contributed by atoms with van der Waals surface area (Å²) >= 11 is 0. The zero-order chi connectivity index (χ0) is 11.7. The highest BCUT2D eigenvalue weighted by Gasteiger charge is 2.22. The van der Waals surface area contributed by atoms with Gasteiger partial charge in [-0.25, -0.2) is 0 Å². The predicted octanol–water partition coefficient (Wildman–Crippen LogP) is 0.408. The number of fused-ring (bicyclic) bond motifs is 1. The monoisotopic (exact) mass is 235 g/mol. The SMILES string of the molecule is C[C@H]1CNCCN1Cc1nnc2n1CCCC2. The van der Waals surface area contributed by atoms with E-state index in [0.29, 0.717) is 6.04 Å². The molecule has 3 heterocycles. The lowest BCUT2D eigenvalue weighted by Gasteiger charge is -2.33. The number of piperazine rings is 1. The van der Waals surface area contributed by atoms with Gasteiger partial charge >= 0.3 is 0 Å². The third-order valence-electron chi connectivity index (χ3n) is 3.92. The van der Waals surface area contributed by atoms with Crippen molar-refractivity contribution in [1.29, 1.82) is 0 Å². The smallest absolute Gasteiger partial charge is 0.147 e. The van der Waals surface area contributed by atoms with Crippen molar-refractivity contribution in [1.82, 2.24) is 25.0 Å². The van der Waals surface area contributed by atoms with Crippen molar-refractivity contribution in [3.8, 4) is 0 Å². The number of hydrogen-bond acceptors (Lipinski definition) is 4. The van der Waals surface area contributed by atoms with Crippen LogP contribution in [0.3, 0.4) is 0 Å². The van der Waals surface area contributed by atoms with E-state index in [2.05, 4.69) is 31.9 Å². The van der Waals surface area contributed by atoms with Crippen LogP contribution in [0.5, 0.6) is 0 Å². The number of hydrogen-bond donors (Lipinski definition) is 1. The van der Waals surface area contributed by atoms with Gasteiger partial charge in [0.15, 0.2) is 0 Å². The lowest BCUT2D eigenvalue weighted by atomic mass is 10.1. The molecule has 0 amide bonds. The molecule has 0 spiro atoms. The highest BCUT2D eigenvalue weighted by Crippen LogP contribution is 2.16. The van der Waals surface area contributed by atoms with E-state index in [9.17, 15) is 0 Å². The largest absolute Gasteiger partial charge is 0.314 e. The lowest BCUT2D eigenvalue weighted by molar-refractivity contribution is 0.159. The lowest BCUT2D eigenvalue weighted by Crippen LogP contribution is -2.49. The number of nitrogens with zero attached hydrogens (tertiary/aromatic N) is 4. The summed E-state index contributed by atoms with van der Waals surface area (Å²) in [5.74, 6) is 2.35. The molecule has 2 aliphatic rings. The van der Waals surface area contributed by atoms with Gasteiger partial charge in [0.25, 0.3) is 0 Å². The molecule has 1 aromatic heterocycles. The van der Waals surface area contributed by atoms with E-state index in [-0.39, 0.29) is 0 Å². The topological polar surface area (TPSA) is 46.0 Å². The van der Waals surface area contributed by atoms with Gasteiger partial charge in [0.2, 0.25) is 0 Å². The first-order chi connectivity index (χ1) is 8.34. The molecule has 2 aliphatic heterocycles. The minimum Gasteiger partial charge on any atom is -0.314 e. The molecule has 0 aliphatic carbocycles. The quantitative estimate of drug-likeness (QED) is 0.806. The second-order valence-corrected chi connectivity index (χ2v) is 5.16. The van der Waals surface area contributed by atoms with Gasteiger partial charge in [-0.05, 0) is 19.8 Å². The summed E-state index contributed by atoms with van der Waals surface area (Å²) in [5, 5.41) is 12.1. The van der Waals surface area contributed by atoms with E-state index in [1.54, 1.807) is 0 Å². The molecular weight excluding hydrogens is 214 g/mol. The minimum absolute atomic E-state index is 0.597. The van der Waals surface area contributed by atoms with Crippen molar-refractivity contribution >= 4 is 0 Å². The highest BCUT2D eigenvalue weighted by atomic mass is 15.3. The van der Waals surface area contributed by atoms with Crippen LogP contribution in [0.2, 0.25) is 0 Å². The normalized spacial score (nSPS) is 25.8. The summed E-state index contributed by atoms with van der Waals surface area (Å²) in [5.41, 5.74) is 0. The molecule has 5 nitrogen and oxygen atoms in total. The Balaban J connectivity index is 1.73. The Kier molecular flexibility index (Phi) is 3.11. The Hall–Kier alpha value is -0.940. The Morgan fingerprint density at radius 3 is 3.12 bits per heavy atom. The maximum absolute atomic E-state index is 4.38. The van der Waals surface area contributed by atoms with Crippen LogP contribution in [0.25, 0.3) is 0 Å².